The molecule has 1 aliphatic rings. The highest BCUT2D eigenvalue weighted by atomic mass is 32.2. The molecule has 0 aliphatic carbocycles. The molecule has 2 aromatic rings. The number of benzene rings is 2. The largest absolute Gasteiger partial charge is 0.454 e. The lowest BCUT2D eigenvalue weighted by atomic mass is 10.2. The average Bonchev–Trinajstić information content (AvgIpc) is 2.95. The van der Waals surface area contributed by atoms with Gasteiger partial charge in [0.25, 0.3) is 0 Å². The van der Waals surface area contributed by atoms with Gasteiger partial charge in [0.2, 0.25) is 12.7 Å². The van der Waals surface area contributed by atoms with Gasteiger partial charge in [-0.1, -0.05) is 29.8 Å². The molecule has 0 saturated carbocycles. The molecule has 0 fully saturated rings. The van der Waals surface area contributed by atoms with Gasteiger partial charge in [-0.05, 0) is 24.6 Å². The van der Waals surface area contributed by atoms with Crippen LogP contribution in [-0.2, 0) is 10.5 Å². The van der Waals surface area contributed by atoms with Gasteiger partial charge in [0.05, 0.1) is 5.75 Å². The number of amides is 1. The third kappa shape index (κ3) is 3.74. The quantitative estimate of drug-likeness (QED) is 0.916. The third-order valence-corrected chi connectivity index (χ3v) is 4.24. The molecule has 1 heterocycles. The highest BCUT2D eigenvalue weighted by Gasteiger charge is 2.14. The van der Waals surface area contributed by atoms with Crippen molar-refractivity contribution in [2.75, 3.05) is 17.9 Å². The number of aryl methyl sites for hydroxylation is 1. The molecule has 2 aromatic carbocycles. The van der Waals surface area contributed by atoms with Gasteiger partial charge in [-0.2, -0.15) is 0 Å². The normalized spacial score (nSPS) is 12.2. The summed E-state index contributed by atoms with van der Waals surface area (Å²) in [6.07, 6.45) is 0. The van der Waals surface area contributed by atoms with Crippen molar-refractivity contribution in [2.45, 2.75) is 12.7 Å². The van der Waals surface area contributed by atoms with Crippen LogP contribution in [0.3, 0.4) is 0 Å². The zero-order chi connectivity index (χ0) is 15.4. The topological polar surface area (TPSA) is 47.6 Å². The van der Waals surface area contributed by atoms with Crippen molar-refractivity contribution < 1.29 is 14.3 Å². The molecule has 0 bridgehead atoms. The Labute approximate surface area is 133 Å². The van der Waals surface area contributed by atoms with Crippen molar-refractivity contribution in [1.29, 1.82) is 0 Å². The Morgan fingerprint density at radius 1 is 1.18 bits per heavy atom. The Balaban J connectivity index is 1.48. The maximum atomic E-state index is 12.0. The van der Waals surface area contributed by atoms with Gasteiger partial charge in [-0.25, -0.2) is 0 Å². The molecule has 0 spiro atoms. The fourth-order valence-electron chi connectivity index (χ4n) is 2.23. The number of anilines is 1. The van der Waals surface area contributed by atoms with Crippen molar-refractivity contribution >= 4 is 23.4 Å². The minimum Gasteiger partial charge on any atom is -0.454 e. The molecule has 0 saturated heterocycles. The molecular weight excluding hydrogens is 298 g/mol. The molecule has 1 amide bonds. The minimum absolute atomic E-state index is 0.0171. The number of rotatable bonds is 5. The van der Waals surface area contributed by atoms with Crippen molar-refractivity contribution in [3.05, 3.63) is 53.6 Å². The zero-order valence-corrected chi connectivity index (χ0v) is 13.1. The number of carbonyl (C=O) groups excluding carboxylic acids is 1. The number of ether oxygens (including phenoxy) is 2. The van der Waals surface area contributed by atoms with Crippen LogP contribution in [0, 0.1) is 6.92 Å². The first kappa shape index (κ1) is 14.8. The second kappa shape index (κ2) is 6.75. The van der Waals surface area contributed by atoms with Gasteiger partial charge in [-0.3, -0.25) is 4.79 Å². The summed E-state index contributed by atoms with van der Waals surface area (Å²) >= 11 is 1.60. The molecule has 0 unspecified atom stereocenters. The maximum absolute atomic E-state index is 12.0. The standard InChI is InChI=1S/C17H17NO3S/c1-12-3-2-4-13(7-12)9-22-10-17(19)18-14-5-6-15-16(8-14)21-11-20-15/h2-8H,9-11H2,1H3,(H,18,19). The molecule has 1 aliphatic heterocycles. The summed E-state index contributed by atoms with van der Waals surface area (Å²) in [5.74, 6) is 2.62. The van der Waals surface area contributed by atoms with E-state index in [1.54, 1.807) is 23.9 Å². The lowest BCUT2D eigenvalue weighted by Gasteiger charge is -2.06. The Morgan fingerprint density at radius 2 is 2.05 bits per heavy atom. The smallest absolute Gasteiger partial charge is 0.234 e. The van der Waals surface area contributed by atoms with Crippen LogP contribution in [0.2, 0.25) is 0 Å². The summed E-state index contributed by atoms with van der Waals surface area (Å²) < 4.78 is 10.5. The van der Waals surface area contributed by atoms with E-state index in [2.05, 4.69) is 30.4 Å². The van der Waals surface area contributed by atoms with Crippen molar-refractivity contribution in [3.63, 3.8) is 0 Å². The van der Waals surface area contributed by atoms with E-state index >= 15 is 0 Å². The third-order valence-electron chi connectivity index (χ3n) is 3.24. The first-order valence-corrected chi connectivity index (χ1v) is 8.19. The van der Waals surface area contributed by atoms with Gasteiger partial charge >= 0.3 is 0 Å². The van der Waals surface area contributed by atoms with Crippen molar-refractivity contribution in [1.82, 2.24) is 0 Å². The Hall–Kier alpha value is -2.14. The number of nitrogens with one attached hydrogen (secondary N) is 1. The van der Waals surface area contributed by atoms with E-state index in [9.17, 15) is 4.79 Å². The van der Waals surface area contributed by atoms with Crippen molar-refractivity contribution in [2.24, 2.45) is 0 Å². The summed E-state index contributed by atoms with van der Waals surface area (Å²) in [7, 11) is 0. The van der Waals surface area contributed by atoms with Gasteiger partial charge in [-0.15, -0.1) is 11.8 Å². The molecule has 4 nitrogen and oxygen atoms in total. The van der Waals surface area contributed by atoms with Gasteiger partial charge in [0.15, 0.2) is 11.5 Å². The average molecular weight is 315 g/mol. The molecule has 0 atom stereocenters. The molecule has 5 heteroatoms. The van der Waals surface area contributed by atoms with Crippen LogP contribution >= 0.6 is 11.8 Å². The first-order chi connectivity index (χ1) is 10.7. The summed E-state index contributed by atoms with van der Waals surface area (Å²) in [4.78, 5) is 12.0. The summed E-state index contributed by atoms with van der Waals surface area (Å²) in [5, 5.41) is 2.87. The lowest BCUT2D eigenvalue weighted by molar-refractivity contribution is -0.113. The van der Waals surface area contributed by atoms with Crippen LogP contribution in [0.1, 0.15) is 11.1 Å². The first-order valence-electron chi connectivity index (χ1n) is 7.03. The van der Waals surface area contributed by atoms with E-state index in [-0.39, 0.29) is 12.7 Å². The van der Waals surface area contributed by atoms with Crippen LogP contribution < -0.4 is 14.8 Å². The zero-order valence-electron chi connectivity index (χ0n) is 12.3. The van der Waals surface area contributed by atoms with Gasteiger partial charge in [0.1, 0.15) is 0 Å². The number of thioether (sulfide) groups is 1. The predicted octanol–water partition coefficient (Wildman–Crippen LogP) is 3.60. The molecule has 114 valence electrons. The van der Waals surface area contributed by atoms with E-state index in [0.29, 0.717) is 17.3 Å². The van der Waals surface area contributed by atoms with Crippen LogP contribution in [0.25, 0.3) is 0 Å². The summed E-state index contributed by atoms with van der Waals surface area (Å²) in [6.45, 7) is 2.31. The monoisotopic (exact) mass is 315 g/mol. The summed E-state index contributed by atoms with van der Waals surface area (Å²) in [5.41, 5.74) is 3.20. The predicted molar refractivity (Wildman–Crippen MR) is 88.5 cm³/mol. The fourth-order valence-corrected chi connectivity index (χ4v) is 3.01. The lowest BCUT2D eigenvalue weighted by Crippen LogP contribution is -2.14. The maximum Gasteiger partial charge on any atom is 0.234 e. The van der Waals surface area contributed by atoms with Crippen LogP contribution in [0.4, 0.5) is 5.69 Å². The highest BCUT2D eigenvalue weighted by molar-refractivity contribution is 7.99. The minimum atomic E-state index is -0.0171. The molecule has 3 rings (SSSR count). The molecule has 0 radical (unpaired) electrons. The molecule has 0 aromatic heterocycles. The SMILES string of the molecule is Cc1cccc(CSCC(=O)Nc2ccc3c(c2)OCO3)c1. The van der Waals surface area contributed by atoms with Gasteiger partial charge in [0, 0.05) is 17.5 Å². The molecule has 22 heavy (non-hydrogen) atoms. The second-order valence-electron chi connectivity index (χ2n) is 5.10. The van der Waals surface area contributed by atoms with E-state index in [1.165, 1.54) is 11.1 Å². The fraction of sp³-hybridized carbons (Fsp3) is 0.235. The Morgan fingerprint density at radius 3 is 2.91 bits per heavy atom. The second-order valence-corrected chi connectivity index (χ2v) is 6.08. The van der Waals surface area contributed by atoms with Crippen LogP contribution in [0.15, 0.2) is 42.5 Å². The molecular formula is C17H17NO3S. The highest BCUT2D eigenvalue weighted by Crippen LogP contribution is 2.34. The summed E-state index contributed by atoms with van der Waals surface area (Å²) in [6, 6.07) is 13.7. The Bertz CT molecular complexity index is 687. The number of fused-ring (bicyclic) bond motifs is 1. The number of carbonyl (C=O) groups is 1. The molecule has 1 N–H and O–H groups in total. The van der Waals surface area contributed by atoms with E-state index in [1.807, 2.05) is 12.1 Å². The number of hydrogen-bond acceptors (Lipinski definition) is 4. The number of hydrogen-bond donors (Lipinski definition) is 1. The van der Waals surface area contributed by atoms with Crippen molar-refractivity contribution in [3.8, 4) is 11.5 Å². The van der Waals surface area contributed by atoms with Crippen LogP contribution in [0.5, 0.6) is 11.5 Å². The van der Waals surface area contributed by atoms with E-state index in [0.717, 1.165) is 11.4 Å². The Kier molecular flexibility index (Phi) is 4.53. The van der Waals surface area contributed by atoms with E-state index in [4.69, 9.17) is 9.47 Å². The van der Waals surface area contributed by atoms with Gasteiger partial charge < -0.3 is 14.8 Å². The van der Waals surface area contributed by atoms with Crippen LogP contribution in [-0.4, -0.2) is 18.5 Å². The van der Waals surface area contributed by atoms with E-state index < -0.39 is 0 Å².